The molecule has 0 radical (unpaired) electrons. The summed E-state index contributed by atoms with van der Waals surface area (Å²) in [6, 6.07) is 10.1. The molecule has 1 fully saturated rings. The van der Waals surface area contributed by atoms with Crippen molar-refractivity contribution in [2.75, 3.05) is 0 Å². The van der Waals surface area contributed by atoms with E-state index >= 15 is 0 Å². The first kappa shape index (κ1) is 13.1. The molecule has 1 aromatic heterocycles. The highest BCUT2D eigenvalue weighted by Gasteiger charge is 2.24. The standard InChI is InChI=1S/C16H19N3O/c1-11-7-13(10-18-9-11)16(19-17)12-3-2-4-15(8-12)20-14-5-6-14/h2-4,7-10,14,16,19H,5-6,17H2,1H3. The van der Waals surface area contributed by atoms with Gasteiger partial charge in [-0.2, -0.15) is 0 Å². The number of aromatic nitrogens is 1. The van der Waals surface area contributed by atoms with E-state index in [0.29, 0.717) is 6.10 Å². The molecule has 1 heterocycles. The zero-order chi connectivity index (χ0) is 13.9. The molecule has 2 aromatic rings. The first-order valence-corrected chi connectivity index (χ1v) is 6.90. The summed E-state index contributed by atoms with van der Waals surface area (Å²) in [5, 5.41) is 0. The van der Waals surface area contributed by atoms with Crippen LogP contribution in [0.15, 0.2) is 42.7 Å². The van der Waals surface area contributed by atoms with E-state index in [-0.39, 0.29) is 6.04 Å². The molecule has 1 unspecified atom stereocenters. The molecule has 20 heavy (non-hydrogen) atoms. The molecule has 1 atom stereocenters. The van der Waals surface area contributed by atoms with Gasteiger partial charge in [-0.1, -0.05) is 18.2 Å². The van der Waals surface area contributed by atoms with Crippen molar-refractivity contribution in [3.8, 4) is 5.75 Å². The van der Waals surface area contributed by atoms with Gasteiger partial charge in [0.2, 0.25) is 0 Å². The van der Waals surface area contributed by atoms with Crippen LogP contribution in [0.2, 0.25) is 0 Å². The maximum atomic E-state index is 5.84. The predicted molar refractivity (Wildman–Crippen MR) is 78.2 cm³/mol. The van der Waals surface area contributed by atoms with Gasteiger partial charge in [-0.05, 0) is 48.6 Å². The van der Waals surface area contributed by atoms with E-state index < -0.39 is 0 Å². The fourth-order valence-electron chi connectivity index (χ4n) is 2.27. The average molecular weight is 269 g/mol. The monoisotopic (exact) mass is 269 g/mol. The smallest absolute Gasteiger partial charge is 0.120 e. The van der Waals surface area contributed by atoms with Gasteiger partial charge in [0.1, 0.15) is 5.75 Å². The molecule has 3 rings (SSSR count). The van der Waals surface area contributed by atoms with Crippen molar-refractivity contribution < 1.29 is 4.74 Å². The molecule has 0 amide bonds. The number of ether oxygens (including phenoxy) is 1. The fourth-order valence-corrected chi connectivity index (χ4v) is 2.27. The molecule has 104 valence electrons. The Morgan fingerprint density at radius 3 is 2.80 bits per heavy atom. The Labute approximate surface area is 119 Å². The van der Waals surface area contributed by atoms with Crippen molar-refractivity contribution in [1.29, 1.82) is 0 Å². The fraction of sp³-hybridized carbons (Fsp3) is 0.312. The largest absolute Gasteiger partial charge is 0.490 e. The van der Waals surface area contributed by atoms with Crippen LogP contribution in [0, 0.1) is 6.92 Å². The van der Waals surface area contributed by atoms with Crippen molar-refractivity contribution in [2.45, 2.75) is 31.9 Å². The number of hydrogen-bond acceptors (Lipinski definition) is 4. The highest BCUT2D eigenvalue weighted by molar-refractivity contribution is 5.36. The molecule has 0 aliphatic heterocycles. The number of nitrogens with two attached hydrogens (primary N) is 1. The molecule has 0 bridgehead atoms. The van der Waals surface area contributed by atoms with Crippen molar-refractivity contribution in [1.82, 2.24) is 10.4 Å². The predicted octanol–water partition coefficient (Wildman–Crippen LogP) is 2.48. The summed E-state index contributed by atoms with van der Waals surface area (Å²) in [4.78, 5) is 4.23. The highest BCUT2D eigenvalue weighted by Crippen LogP contribution is 2.29. The minimum atomic E-state index is -0.0786. The number of hydrazine groups is 1. The van der Waals surface area contributed by atoms with Crippen LogP contribution in [-0.4, -0.2) is 11.1 Å². The Hall–Kier alpha value is -1.91. The molecule has 4 heteroatoms. The van der Waals surface area contributed by atoms with Gasteiger partial charge in [0.05, 0.1) is 12.1 Å². The SMILES string of the molecule is Cc1cncc(C(NN)c2cccc(OC3CC3)c2)c1. The van der Waals surface area contributed by atoms with Crippen LogP contribution in [0.1, 0.15) is 35.6 Å². The lowest BCUT2D eigenvalue weighted by Crippen LogP contribution is -2.29. The zero-order valence-corrected chi connectivity index (χ0v) is 11.5. The summed E-state index contributed by atoms with van der Waals surface area (Å²) in [7, 11) is 0. The van der Waals surface area contributed by atoms with E-state index in [0.717, 1.165) is 35.3 Å². The molecule has 1 aliphatic rings. The number of rotatable bonds is 5. The third-order valence-electron chi connectivity index (χ3n) is 3.41. The highest BCUT2D eigenvalue weighted by atomic mass is 16.5. The lowest BCUT2D eigenvalue weighted by atomic mass is 10.00. The van der Waals surface area contributed by atoms with Crippen LogP contribution in [0.25, 0.3) is 0 Å². The Balaban J connectivity index is 1.88. The van der Waals surface area contributed by atoms with Crippen LogP contribution in [0.3, 0.4) is 0 Å². The van der Waals surface area contributed by atoms with E-state index in [1.165, 1.54) is 0 Å². The summed E-state index contributed by atoms with van der Waals surface area (Å²) in [5.74, 6) is 6.64. The lowest BCUT2D eigenvalue weighted by Gasteiger charge is -2.18. The minimum Gasteiger partial charge on any atom is -0.490 e. The second-order valence-corrected chi connectivity index (χ2v) is 5.29. The Kier molecular flexibility index (Phi) is 3.67. The number of nitrogens with zero attached hydrogens (tertiary/aromatic N) is 1. The first-order chi connectivity index (χ1) is 9.76. The molecule has 0 saturated heterocycles. The summed E-state index contributed by atoms with van der Waals surface area (Å²) in [5.41, 5.74) is 6.11. The Morgan fingerprint density at radius 2 is 2.10 bits per heavy atom. The number of pyridine rings is 1. The van der Waals surface area contributed by atoms with E-state index in [2.05, 4.69) is 16.5 Å². The maximum absolute atomic E-state index is 5.84. The molecule has 1 aromatic carbocycles. The van der Waals surface area contributed by atoms with Crippen LogP contribution in [0.4, 0.5) is 0 Å². The normalized spacial score (nSPS) is 15.9. The van der Waals surface area contributed by atoms with E-state index in [1.807, 2.05) is 43.6 Å². The summed E-state index contributed by atoms with van der Waals surface area (Å²) < 4.78 is 5.84. The summed E-state index contributed by atoms with van der Waals surface area (Å²) in [6.07, 6.45) is 6.39. The van der Waals surface area contributed by atoms with Gasteiger partial charge in [0.15, 0.2) is 0 Å². The Morgan fingerprint density at radius 1 is 1.25 bits per heavy atom. The molecular weight excluding hydrogens is 250 g/mol. The van der Waals surface area contributed by atoms with Gasteiger partial charge in [-0.15, -0.1) is 0 Å². The number of aryl methyl sites for hydroxylation is 1. The first-order valence-electron chi connectivity index (χ1n) is 6.90. The third kappa shape index (κ3) is 2.98. The van der Waals surface area contributed by atoms with Crippen molar-refractivity contribution in [3.63, 3.8) is 0 Å². The van der Waals surface area contributed by atoms with Crippen LogP contribution in [-0.2, 0) is 0 Å². The summed E-state index contributed by atoms with van der Waals surface area (Å²) in [6.45, 7) is 2.02. The van der Waals surface area contributed by atoms with Gasteiger partial charge in [0.25, 0.3) is 0 Å². The topological polar surface area (TPSA) is 60.2 Å². The van der Waals surface area contributed by atoms with Gasteiger partial charge in [0, 0.05) is 12.4 Å². The summed E-state index contributed by atoms with van der Waals surface area (Å²) >= 11 is 0. The van der Waals surface area contributed by atoms with Crippen LogP contribution < -0.4 is 16.0 Å². The molecule has 0 spiro atoms. The molecule has 3 N–H and O–H groups in total. The second kappa shape index (κ2) is 5.61. The molecule has 4 nitrogen and oxygen atoms in total. The van der Waals surface area contributed by atoms with Gasteiger partial charge in [-0.25, -0.2) is 5.43 Å². The maximum Gasteiger partial charge on any atom is 0.120 e. The van der Waals surface area contributed by atoms with Gasteiger partial charge in [-0.3, -0.25) is 10.8 Å². The number of benzene rings is 1. The molecule has 1 aliphatic carbocycles. The van der Waals surface area contributed by atoms with Crippen molar-refractivity contribution >= 4 is 0 Å². The van der Waals surface area contributed by atoms with Gasteiger partial charge >= 0.3 is 0 Å². The van der Waals surface area contributed by atoms with E-state index in [9.17, 15) is 0 Å². The van der Waals surface area contributed by atoms with Crippen molar-refractivity contribution in [3.05, 3.63) is 59.4 Å². The Bertz CT molecular complexity index is 596. The lowest BCUT2D eigenvalue weighted by molar-refractivity contribution is 0.302. The average Bonchev–Trinajstić information content (AvgIpc) is 3.24. The number of hydrogen-bond donors (Lipinski definition) is 2. The van der Waals surface area contributed by atoms with E-state index in [1.54, 1.807) is 0 Å². The second-order valence-electron chi connectivity index (χ2n) is 5.29. The van der Waals surface area contributed by atoms with Crippen LogP contribution >= 0.6 is 0 Å². The number of nitrogens with one attached hydrogen (secondary N) is 1. The van der Waals surface area contributed by atoms with Crippen molar-refractivity contribution in [2.24, 2.45) is 5.84 Å². The van der Waals surface area contributed by atoms with E-state index in [4.69, 9.17) is 10.6 Å². The molecular formula is C16H19N3O. The third-order valence-corrected chi connectivity index (χ3v) is 3.41. The minimum absolute atomic E-state index is 0.0786. The quantitative estimate of drug-likeness (QED) is 0.646. The molecule has 1 saturated carbocycles. The van der Waals surface area contributed by atoms with Gasteiger partial charge < -0.3 is 4.74 Å². The zero-order valence-electron chi connectivity index (χ0n) is 11.5. The van der Waals surface area contributed by atoms with Crippen LogP contribution in [0.5, 0.6) is 5.75 Å².